The normalized spacial score (nSPS) is 14.2. The first-order valence-electron chi connectivity index (χ1n) is 8.13. The molecular weight excluding hydrogens is 333 g/mol. The topological polar surface area (TPSA) is 35.5 Å². The molecule has 0 aliphatic carbocycles. The first kappa shape index (κ1) is 19.1. The Bertz CT molecular complexity index is 740. The van der Waals surface area contributed by atoms with Crippen LogP contribution < -0.4 is 4.74 Å². The number of benzene rings is 2. The van der Waals surface area contributed by atoms with Gasteiger partial charge in [-0.3, -0.25) is 0 Å². The average Bonchev–Trinajstić information content (AvgIpc) is 2.57. The number of alkyl halides is 3. The monoisotopic (exact) mass is 354 g/mol. The Morgan fingerprint density at radius 1 is 1.08 bits per heavy atom. The summed E-state index contributed by atoms with van der Waals surface area (Å²) in [5, 5.41) is 1.97. The molecule has 2 atom stereocenters. The zero-order valence-electron chi connectivity index (χ0n) is 14.4. The maximum absolute atomic E-state index is 12.3. The number of hydrogen-bond acceptors (Lipinski definition) is 3. The average molecular weight is 354 g/mol. The molecule has 6 heteroatoms. The van der Waals surface area contributed by atoms with Crippen LogP contribution in [-0.4, -0.2) is 24.9 Å². The van der Waals surface area contributed by atoms with Gasteiger partial charge in [0.05, 0.1) is 0 Å². The fourth-order valence-corrected chi connectivity index (χ4v) is 2.31. The number of rotatable bonds is 6. The molecule has 0 aromatic heterocycles. The lowest BCUT2D eigenvalue weighted by Crippen LogP contribution is -2.32. The molecule has 25 heavy (non-hydrogen) atoms. The number of carbonyl (C=O) groups is 1. The predicted octanol–water partition coefficient (Wildman–Crippen LogP) is 5.23. The van der Waals surface area contributed by atoms with E-state index >= 15 is 0 Å². The van der Waals surface area contributed by atoms with Crippen LogP contribution in [0.4, 0.5) is 13.2 Å². The third kappa shape index (κ3) is 5.11. The van der Waals surface area contributed by atoms with Gasteiger partial charge in [-0.1, -0.05) is 38.1 Å². The molecule has 0 saturated heterocycles. The molecule has 136 valence electrons. The van der Waals surface area contributed by atoms with Crippen LogP contribution in [0.25, 0.3) is 10.8 Å². The molecule has 0 aliphatic rings. The SMILES string of the molecule is CCC(C)c1ccc2cc(OCC(=O)OC(C)C(F)(F)F)ccc2c1. The van der Waals surface area contributed by atoms with Crippen LogP contribution in [0.3, 0.4) is 0 Å². The zero-order chi connectivity index (χ0) is 18.6. The van der Waals surface area contributed by atoms with E-state index in [1.54, 1.807) is 12.1 Å². The second-order valence-electron chi connectivity index (χ2n) is 6.04. The third-order valence-electron chi connectivity index (χ3n) is 4.14. The maximum Gasteiger partial charge on any atom is 0.425 e. The molecule has 0 amide bonds. The summed E-state index contributed by atoms with van der Waals surface area (Å²) in [6, 6.07) is 11.4. The number of hydrogen-bond donors (Lipinski definition) is 0. The van der Waals surface area contributed by atoms with Gasteiger partial charge in [0.1, 0.15) is 5.75 Å². The van der Waals surface area contributed by atoms with E-state index in [-0.39, 0.29) is 0 Å². The summed E-state index contributed by atoms with van der Waals surface area (Å²) < 4.78 is 46.6. The minimum atomic E-state index is -4.58. The van der Waals surface area contributed by atoms with Crippen LogP contribution in [0.2, 0.25) is 0 Å². The molecule has 3 nitrogen and oxygen atoms in total. The molecule has 0 spiro atoms. The zero-order valence-corrected chi connectivity index (χ0v) is 14.4. The second-order valence-corrected chi connectivity index (χ2v) is 6.04. The molecule has 0 aliphatic heterocycles. The van der Waals surface area contributed by atoms with Crippen molar-refractivity contribution in [1.82, 2.24) is 0 Å². The standard InChI is InChI=1S/C19H21F3O3/c1-4-12(2)14-5-6-16-10-17(8-7-15(16)9-14)24-11-18(23)25-13(3)19(20,21)22/h5-10,12-13H,4,11H2,1-3H3. The Labute approximate surface area is 144 Å². The third-order valence-corrected chi connectivity index (χ3v) is 4.14. The smallest absolute Gasteiger partial charge is 0.425 e. The molecule has 0 heterocycles. The van der Waals surface area contributed by atoms with Gasteiger partial charge >= 0.3 is 12.1 Å². The van der Waals surface area contributed by atoms with Gasteiger partial charge in [0, 0.05) is 0 Å². The van der Waals surface area contributed by atoms with E-state index in [1.165, 1.54) is 5.56 Å². The fraction of sp³-hybridized carbons (Fsp3) is 0.421. The van der Waals surface area contributed by atoms with Gasteiger partial charge in [0.15, 0.2) is 12.7 Å². The van der Waals surface area contributed by atoms with Crippen molar-refractivity contribution in [3.8, 4) is 5.75 Å². The molecule has 0 N–H and O–H groups in total. The van der Waals surface area contributed by atoms with E-state index in [1.807, 2.05) is 18.2 Å². The highest BCUT2D eigenvalue weighted by Gasteiger charge is 2.39. The summed E-state index contributed by atoms with van der Waals surface area (Å²) in [6.07, 6.45) is -5.68. The van der Waals surface area contributed by atoms with Crippen molar-refractivity contribution >= 4 is 16.7 Å². The fourth-order valence-electron chi connectivity index (χ4n) is 2.31. The van der Waals surface area contributed by atoms with E-state index in [0.29, 0.717) is 11.7 Å². The van der Waals surface area contributed by atoms with E-state index in [2.05, 4.69) is 24.7 Å². The summed E-state index contributed by atoms with van der Waals surface area (Å²) in [7, 11) is 0. The summed E-state index contributed by atoms with van der Waals surface area (Å²) in [6.45, 7) is 4.50. The van der Waals surface area contributed by atoms with Gasteiger partial charge in [-0.2, -0.15) is 13.2 Å². The largest absolute Gasteiger partial charge is 0.482 e. The van der Waals surface area contributed by atoms with Crippen molar-refractivity contribution < 1.29 is 27.4 Å². The van der Waals surface area contributed by atoms with E-state index < -0.39 is 24.9 Å². The lowest BCUT2D eigenvalue weighted by molar-refractivity contribution is -0.217. The summed E-state index contributed by atoms with van der Waals surface area (Å²) in [5.74, 6) is -0.192. The molecule has 0 saturated carbocycles. The number of halogens is 3. The Morgan fingerprint density at radius 2 is 1.72 bits per heavy atom. The molecule has 0 bridgehead atoms. The van der Waals surface area contributed by atoms with Crippen LogP contribution in [0.1, 0.15) is 38.7 Å². The van der Waals surface area contributed by atoms with Crippen molar-refractivity contribution in [3.05, 3.63) is 42.0 Å². The Balaban J connectivity index is 2.01. The molecule has 2 unspecified atom stereocenters. The van der Waals surface area contributed by atoms with E-state index in [0.717, 1.165) is 24.1 Å². The number of fused-ring (bicyclic) bond motifs is 1. The van der Waals surface area contributed by atoms with Crippen LogP contribution in [0, 0.1) is 0 Å². The summed E-state index contributed by atoms with van der Waals surface area (Å²) in [5.41, 5.74) is 1.24. The minimum Gasteiger partial charge on any atom is -0.482 e. The first-order chi connectivity index (χ1) is 11.7. The minimum absolute atomic E-state index is 0.403. The molecule has 0 radical (unpaired) electrons. The quantitative estimate of drug-likeness (QED) is 0.667. The van der Waals surface area contributed by atoms with Gasteiger partial charge in [0.25, 0.3) is 0 Å². The molecule has 2 aromatic rings. The van der Waals surface area contributed by atoms with Crippen LogP contribution in [0.5, 0.6) is 5.75 Å². The number of esters is 1. The van der Waals surface area contributed by atoms with Crippen LogP contribution in [-0.2, 0) is 9.53 Å². The van der Waals surface area contributed by atoms with Gasteiger partial charge in [0.2, 0.25) is 0 Å². The van der Waals surface area contributed by atoms with Gasteiger partial charge in [-0.05, 0) is 47.7 Å². The highest BCUT2D eigenvalue weighted by molar-refractivity contribution is 5.84. The predicted molar refractivity (Wildman–Crippen MR) is 89.8 cm³/mol. The summed E-state index contributed by atoms with van der Waals surface area (Å²) >= 11 is 0. The lowest BCUT2D eigenvalue weighted by atomic mass is 9.96. The summed E-state index contributed by atoms with van der Waals surface area (Å²) in [4.78, 5) is 11.4. The second kappa shape index (κ2) is 7.76. The highest BCUT2D eigenvalue weighted by Crippen LogP contribution is 2.27. The van der Waals surface area contributed by atoms with Crippen molar-refractivity contribution in [2.24, 2.45) is 0 Å². The van der Waals surface area contributed by atoms with Gasteiger partial charge < -0.3 is 9.47 Å². The molecule has 2 aromatic carbocycles. The van der Waals surface area contributed by atoms with E-state index in [9.17, 15) is 18.0 Å². The first-order valence-corrected chi connectivity index (χ1v) is 8.13. The van der Waals surface area contributed by atoms with Crippen molar-refractivity contribution in [2.75, 3.05) is 6.61 Å². The highest BCUT2D eigenvalue weighted by atomic mass is 19.4. The lowest BCUT2D eigenvalue weighted by Gasteiger charge is -2.16. The Hall–Kier alpha value is -2.24. The maximum atomic E-state index is 12.3. The van der Waals surface area contributed by atoms with Crippen molar-refractivity contribution in [1.29, 1.82) is 0 Å². The van der Waals surface area contributed by atoms with Crippen molar-refractivity contribution in [3.63, 3.8) is 0 Å². The molecule has 0 fully saturated rings. The van der Waals surface area contributed by atoms with Gasteiger partial charge in [-0.15, -0.1) is 0 Å². The van der Waals surface area contributed by atoms with E-state index in [4.69, 9.17) is 4.74 Å². The Morgan fingerprint density at radius 3 is 2.36 bits per heavy atom. The van der Waals surface area contributed by atoms with Gasteiger partial charge in [-0.25, -0.2) is 4.79 Å². The molecular formula is C19H21F3O3. The Kier molecular flexibility index (Phi) is 5.93. The van der Waals surface area contributed by atoms with Crippen molar-refractivity contribution in [2.45, 2.75) is 45.4 Å². The van der Waals surface area contributed by atoms with Crippen LogP contribution in [0.15, 0.2) is 36.4 Å². The van der Waals surface area contributed by atoms with Crippen LogP contribution >= 0.6 is 0 Å². The number of carbonyl (C=O) groups excluding carboxylic acids is 1. The molecule has 2 rings (SSSR count). The number of ether oxygens (including phenoxy) is 2.